The van der Waals surface area contributed by atoms with Gasteiger partial charge in [0, 0.05) is 30.9 Å². The van der Waals surface area contributed by atoms with Crippen molar-refractivity contribution >= 4 is 0 Å². The first-order chi connectivity index (χ1) is 9.74. The molecule has 0 saturated carbocycles. The predicted octanol–water partition coefficient (Wildman–Crippen LogP) is 3.20. The van der Waals surface area contributed by atoms with Gasteiger partial charge in [-0.2, -0.15) is 0 Å². The van der Waals surface area contributed by atoms with Crippen molar-refractivity contribution in [2.75, 3.05) is 6.61 Å². The highest BCUT2D eigenvalue weighted by Crippen LogP contribution is 2.13. The summed E-state index contributed by atoms with van der Waals surface area (Å²) in [5.41, 5.74) is 2.30. The first-order valence-electron chi connectivity index (χ1n) is 7.09. The average molecular weight is 270 g/mol. The van der Waals surface area contributed by atoms with Crippen LogP contribution in [0.2, 0.25) is 0 Å². The second-order valence-electron chi connectivity index (χ2n) is 5.10. The van der Waals surface area contributed by atoms with Crippen molar-refractivity contribution in [2.45, 2.75) is 32.9 Å². The Hall–Kier alpha value is -1.87. The largest absolute Gasteiger partial charge is 0.493 e. The fourth-order valence-electron chi connectivity index (χ4n) is 1.89. The number of ether oxygens (including phenoxy) is 1. The number of aromatic nitrogens is 1. The molecule has 0 aliphatic heterocycles. The molecular formula is C17H22N2O. The topological polar surface area (TPSA) is 34.1 Å². The van der Waals surface area contributed by atoms with Crippen molar-refractivity contribution in [3.8, 4) is 5.75 Å². The molecule has 3 heteroatoms. The van der Waals surface area contributed by atoms with E-state index in [0.29, 0.717) is 12.6 Å². The summed E-state index contributed by atoms with van der Waals surface area (Å²) in [6.07, 6.45) is 2.64. The molecule has 0 amide bonds. The minimum atomic E-state index is 0.490. The van der Waals surface area contributed by atoms with Crippen LogP contribution in [0.25, 0.3) is 0 Å². The van der Waals surface area contributed by atoms with E-state index in [1.165, 1.54) is 5.56 Å². The van der Waals surface area contributed by atoms with Crippen LogP contribution in [-0.4, -0.2) is 17.6 Å². The van der Waals surface area contributed by atoms with E-state index in [1.54, 1.807) is 0 Å². The van der Waals surface area contributed by atoms with Crippen LogP contribution in [0.4, 0.5) is 0 Å². The minimum absolute atomic E-state index is 0.490. The molecule has 0 aliphatic carbocycles. The molecular weight excluding hydrogens is 248 g/mol. The van der Waals surface area contributed by atoms with Gasteiger partial charge in [-0.25, -0.2) is 0 Å². The standard InChI is InChI=1S/C17H22N2O/c1-14(2)19-13-15-6-5-8-17(12-15)20-11-9-16-7-3-4-10-18-16/h3-8,10,12,14,19H,9,11,13H2,1-2H3. The summed E-state index contributed by atoms with van der Waals surface area (Å²) in [7, 11) is 0. The molecule has 20 heavy (non-hydrogen) atoms. The Kier molecular flexibility index (Phi) is 5.56. The quantitative estimate of drug-likeness (QED) is 0.839. The summed E-state index contributed by atoms with van der Waals surface area (Å²) in [4.78, 5) is 4.29. The zero-order valence-corrected chi connectivity index (χ0v) is 12.2. The van der Waals surface area contributed by atoms with Gasteiger partial charge in [-0.1, -0.05) is 32.0 Å². The Balaban J connectivity index is 1.82. The molecule has 106 valence electrons. The number of benzene rings is 1. The molecule has 3 nitrogen and oxygen atoms in total. The maximum absolute atomic E-state index is 5.79. The molecule has 1 aromatic heterocycles. The summed E-state index contributed by atoms with van der Waals surface area (Å²) in [5, 5.41) is 3.41. The maximum atomic E-state index is 5.79. The fourth-order valence-corrected chi connectivity index (χ4v) is 1.89. The summed E-state index contributed by atoms with van der Waals surface area (Å²) in [6.45, 7) is 5.81. The third-order valence-corrected chi connectivity index (χ3v) is 2.97. The number of hydrogen-bond acceptors (Lipinski definition) is 3. The highest BCUT2D eigenvalue weighted by atomic mass is 16.5. The molecule has 0 unspecified atom stereocenters. The molecule has 1 heterocycles. The average Bonchev–Trinajstić information content (AvgIpc) is 2.47. The van der Waals surface area contributed by atoms with Crippen molar-refractivity contribution in [1.29, 1.82) is 0 Å². The van der Waals surface area contributed by atoms with Crippen LogP contribution in [0, 0.1) is 0 Å². The number of pyridine rings is 1. The van der Waals surface area contributed by atoms with Crippen LogP contribution in [0.5, 0.6) is 5.75 Å². The number of nitrogens with one attached hydrogen (secondary N) is 1. The Labute approximate surface area is 121 Å². The lowest BCUT2D eigenvalue weighted by atomic mass is 10.2. The van der Waals surface area contributed by atoms with E-state index in [2.05, 4.69) is 36.3 Å². The van der Waals surface area contributed by atoms with Gasteiger partial charge in [-0.15, -0.1) is 0 Å². The molecule has 0 bridgehead atoms. The van der Waals surface area contributed by atoms with Crippen LogP contribution in [-0.2, 0) is 13.0 Å². The Bertz CT molecular complexity index is 511. The third-order valence-electron chi connectivity index (χ3n) is 2.97. The lowest BCUT2D eigenvalue weighted by molar-refractivity contribution is 0.320. The fraction of sp³-hybridized carbons (Fsp3) is 0.353. The van der Waals surface area contributed by atoms with E-state index in [4.69, 9.17) is 4.74 Å². The van der Waals surface area contributed by atoms with Crippen molar-refractivity contribution in [3.63, 3.8) is 0 Å². The summed E-state index contributed by atoms with van der Waals surface area (Å²) >= 11 is 0. The number of hydrogen-bond donors (Lipinski definition) is 1. The van der Waals surface area contributed by atoms with Gasteiger partial charge in [0.1, 0.15) is 5.75 Å². The molecule has 1 N–H and O–H groups in total. The van der Waals surface area contributed by atoms with E-state index in [-0.39, 0.29) is 0 Å². The smallest absolute Gasteiger partial charge is 0.119 e. The third kappa shape index (κ3) is 5.02. The molecule has 1 aromatic carbocycles. The van der Waals surface area contributed by atoms with Crippen LogP contribution in [0.3, 0.4) is 0 Å². The van der Waals surface area contributed by atoms with Gasteiger partial charge in [-0.05, 0) is 29.8 Å². The minimum Gasteiger partial charge on any atom is -0.493 e. The lowest BCUT2D eigenvalue weighted by Gasteiger charge is -2.10. The van der Waals surface area contributed by atoms with Crippen LogP contribution >= 0.6 is 0 Å². The summed E-state index contributed by atoms with van der Waals surface area (Å²) < 4.78 is 5.79. The highest BCUT2D eigenvalue weighted by molar-refractivity contribution is 5.28. The normalized spacial score (nSPS) is 10.8. The lowest BCUT2D eigenvalue weighted by Crippen LogP contribution is -2.21. The first kappa shape index (κ1) is 14.5. The number of nitrogens with zero attached hydrogens (tertiary/aromatic N) is 1. The highest BCUT2D eigenvalue weighted by Gasteiger charge is 1.99. The van der Waals surface area contributed by atoms with E-state index in [0.717, 1.165) is 24.4 Å². The van der Waals surface area contributed by atoms with Gasteiger partial charge in [0.05, 0.1) is 6.61 Å². The van der Waals surface area contributed by atoms with Crippen LogP contribution in [0.15, 0.2) is 48.7 Å². The zero-order valence-electron chi connectivity index (χ0n) is 12.2. The monoisotopic (exact) mass is 270 g/mol. The Morgan fingerprint density at radius 2 is 2.05 bits per heavy atom. The molecule has 0 atom stereocenters. The molecule has 0 aliphatic rings. The van der Waals surface area contributed by atoms with Gasteiger partial charge in [0.2, 0.25) is 0 Å². The Morgan fingerprint density at radius 1 is 1.15 bits per heavy atom. The second kappa shape index (κ2) is 7.65. The van der Waals surface area contributed by atoms with Crippen molar-refractivity contribution in [3.05, 3.63) is 59.9 Å². The van der Waals surface area contributed by atoms with Gasteiger partial charge in [0.25, 0.3) is 0 Å². The molecule has 2 aromatic rings. The second-order valence-corrected chi connectivity index (χ2v) is 5.10. The van der Waals surface area contributed by atoms with Gasteiger partial charge < -0.3 is 10.1 Å². The van der Waals surface area contributed by atoms with E-state index in [9.17, 15) is 0 Å². The summed E-state index contributed by atoms with van der Waals surface area (Å²) in [6, 6.07) is 14.7. The van der Waals surface area contributed by atoms with Crippen LogP contribution < -0.4 is 10.1 Å². The van der Waals surface area contributed by atoms with Crippen LogP contribution in [0.1, 0.15) is 25.1 Å². The van der Waals surface area contributed by atoms with Gasteiger partial charge in [-0.3, -0.25) is 4.98 Å². The molecule has 0 radical (unpaired) electrons. The van der Waals surface area contributed by atoms with Crippen molar-refractivity contribution < 1.29 is 4.74 Å². The predicted molar refractivity (Wildman–Crippen MR) is 81.9 cm³/mol. The van der Waals surface area contributed by atoms with E-state index in [1.807, 2.05) is 36.5 Å². The molecule has 0 spiro atoms. The maximum Gasteiger partial charge on any atom is 0.119 e. The van der Waals surface area contributed by atoms with E-state index < -0.39 is 0 Å². The van der Waals surface area contributed by atoms with Crippen molar-refractivity contribution in [1.82, 2.24) is 10.3 Å². The summed E-state index contributed by atoms with van der Waals surface area (Å²) in [5.74, 6) is 0.920. The van der Waals surface area contributed by atoms with E-state index >= 15 is 0 Å². The Morgan fingerprint density at radius 3 is 2.80 bits per heavy atom. The zero-order chi connectivity index (χ0) is 14.2. The molecule has 2 rings (SSSR count). The SMILES string of the molecule is CC(C)NCc1cccc(OCCc2ccccn2)c1. The molecule has 0 fully saturated rings. The van der Waals surface area contributed by atoms with Crippen molar-refractivity contribution in [2.24, 2.45) is 0 Å². The van der Waals surface area contributed by atoms with Gasteiger partial charge >= 0.3 is 0 Å². The number of rotatable bonds is 7. The first-order valence-corrected chi connectivity index (χ1v) is 7.09. The molecule has 0 saturated heterocycles. The van der Waals surface area contributed by atoms with Gasteiger partial charge in [0.15, 0.2) is 0 Å².